The minimum atomic E-state index is -0.432. The summed E-state index contributed by atoms with van der Waals surface area (Å²) in [6, 6.07) is 4.82. The van der Waals surface area contributed by atoms with Crippen LogP contribution in [0.4, 0.5) is 0 Å². The molecule has 0 radical (unpaired) electrons. The molecule has 2 rings (SSSR count). The molecular formula is C14H16N2O3S. The maximum absolute atomic E-state index is 12.4. The van der Waals surface area contributed by atoms with Gasteiger partial charge in [-0.2, -0.15) is 0 Å². The average Bonchev–Trinajstić information content (AvgIpc) is 2.46. The number of carbonyl (C=O) groups is 1. The number of hydrogen-bond donors (Lipinski definition) is 0. The predicted octanol–water partition coefficient (Wildman–Crippen LogP) is 2.32. The fourth-order valence-corrected chi connectivity index (χ4v) is 2.75. The predicted molar refractivity (Wildman–Crippen MR) is 79.4 cm³/mol. The van der Waals surface area contributed by atoms with Gasteiger partial charge < -0.3 is 4.74 Å². The highest BCUT2D eigenvalue weighted by Gasteiger charge is 2.12. The molecule has 0 N–H and O–H groups in total. The van der Waals surface area contributed by atoms with Crippen molar-refractivity contribution >= 4 is 28.6 Å². The molecule has 0 atom stereocenters. The molecule has 20 heavy (non-hydrogen) atoms. The average molecular weight is 292 g/mol. The van der Waals surface area contributed by atoms with Crippen molar-refractivity contribution in [3.63, 3.8) is 0 Å². The molecule has 1 aromatic carbocycles. The van der Waals surface area contributed by atoms with Crippen LogP contribution in [0.25, 0.3) is 10.9 Å². The third-order valence-electron chi connectivity index (χ3n) is 2.93. The van der Waals surface area contributed by atoms with Gasteiger partial charge in [0.2, 0.25) is 0 Å². The number of esters is 1. The second-order valence-corrected chi connectivity index (χ2v) is 5.33. The SMILES string of the molecule is CCSc1nc2cc(C(=O)OC)ccc2c(=O)n1CC. The summed E-state index contributed by atoms with van der Waals surface area (Å²) in [5.74, 6) is 0.396. The Balaban J connectivity index is 2.70. The van der Waals surface area contributed by atoms with Gasteiger partial charge in [0, 0.05) is 6.54 Å². The van der Waals surface area contributed by atoms with Gasteiger partial charge in [-0.05, 0) is 30.9 Å². The first kappa shape index (κ1) is 14.6. The molecule has 1 heterocycles. The molecule has 0 aliphatic rings. The zero-order chi connectivity index (χ0) is 14.7. The first-order chi connectivity index (χ1) is 9.62. The summed E-state index contributed by atoms with van der Waals surface area (Å²) in [6.45, 7) is 4.49. The molecule has 0 aliphatic carbocycles. The zero-order valence-electron chi connectivity index (χ0n) is 11.7. The van der Waals surface area contributed by atoms with Crippen LogP contribution in [0.2, 0.25) is 0 Å². The minimum Gasteiger partial charge on any atom is -0.465 e. The number of thioether (sulfide) groups is 1. The van der Waals surface area contributed by atoms with Crippen molar-refractivity contribution in [1.29, 1.82) is 0 Å². The number of rotatable bonds is 4. The molecule has 0 saturated carbocycles. The Bertz CT molecular complexity index is 709. The highest BCUT2D eigenvalue weighted by molar-refractivity contribution is 7.99. The molecule has 6 heteroatoms. The van der Waals surface area contributed by atoms with Gasteiger partial charge in [-0.3, -0.25) is 9.36 Å². The Morgan fingerprint density at radius 2 is 2.15 bits per heavy atom. The largest absolute Gasteiger partial charge is 0.465 e. The van der Waals surface area contributed by atoms with E-state index in [0.29, 0.717) is 28.2 Å². The van der Waals surface area contributed by atoms with E-state index in [0.717, 1.165) is 5.75 Å². The lowest BCUT2D eigenvalue weighted by Crippen LogP contribution is -2.22. The monoisotopic (exact) mass is 292 g/mol. The van der Waals surface area contributed by atoms with Gasteiger partial charge in [-0.25, -0.2) is 9.78 Å². The molecule has 2 aromatic rings. The first-order valence-electron chi connectivity index (χ1n) is 6.38. The van der Waals surface area contributed by atoms with Gasteiger partial charge in [0.05, 0.1) is 23.6 Å². The Morgan fingerprint density at radius 1 is 1.40 bits per heavy atom. The lowest BCUT2D eigenvalue weighted by atomic mass is 10.1. The Hall–Kier alpha value is -1.82. The van der Waals surface area contributed by atoms with Crippen LogP contribution >= 0.6 is 11.8 Å². The molecule has 0 fully saturated rings. The van der Waals surface area contributed by atoms with E-state index >= 15 is 0 Å². The molecule has 5 nitrogen and oxygen atoms in total. The van der Waals surface area contributed by atoms with Crippen molar-refractivity contribution in [3.8, 4) is 0 Å². The second-order valence-electron chi connectivity index (χ2n) is 4.10. The number of ether oxygens (including phenoxy) is 1. The molecule has 0 spiro atoms. The fraction of sp³-hybridized carbons (Fsp3) is 0.357. The molecule has 0 aliphatic heterocycles. The number of nitrogens with zero attached hydrogens (tertiary/aromatic N) is 2. The Labute approximate surface area is 121 Å². The van der Waals surface area contributed by atoms with E-state index in [-0.39, 0.29) is 5.56 Å². The van der Waals surface area contributed by atoms with Crippen LogP contribution in [0.5, 0.6) is 0 Å². The highest BCUT2D eigenvalue weighted by atomic mass is 32.2. The van der Waals surface area contributed by atoms with Gasteiger partial charge in [0.15, 0.2) is 5.16 Å². The molecule has 1 aromatic heterocycles. The lowest BCUT2D eigenvalue weighted by Gasteiger charge is -2.10. The number of methoxy groups -OCH3 is 1. The summed E-state index contributed by atoms with van der Waals surface area (Å²) < 4.78 is 6.33. The minimum absolute atomic E-state index is 0.0788. The van der Waals surface area contributed by atoms with Crippen LogP contribution in [-0.4, -0.2) is 28.4 Å². The number of aromatic nitrogens is 2. The number of hydrogen-bond acceptors (Lipinski definition) is 5. The number of fused-ring (bicyclic) bond motifs is 1. The highest BCUT2D eigenvalue weighted by Crippen LogP contribution is 2.18. The van der Waals surface area contributed by atoms with Gasteiger partial charge in [-0.15, -0.1) is 0 Å². The Morgan fingerprint density at radius 3 is 2.75 bits per heavy atom. The van der Waals surface area contributed by atoms with E-state index in [1.807, 2.05) is 13.8 Å². The molecule has 0 unspecified atom stereocenters. The van der Waals surface area contributed by atoms with E-state index in [2.05, 4.69) is 9.72 Å². The van der Waals surface area contributed by atoms with Crippen molar-refractivity contribution in [2.75, 3.05) is 12.9 Å². The van der Waals surface area contributed by atoms with Crippen molar-refractivity contribution in [2.45, 2.75) is 25.5 Å². The first-order valence-corrected chi connectivity index (χ1v) is 7.36. The van der Waals surface area contributed by atoms with Gasteiger partial charge in [0.25, 0.3) is 5.56 Å². The van der Waals surface area contributed by atoms with E-state index in [9.17, 15) is 9.59 Å². The van der Waals surface area contributed by atoms with Crippen molar-refractivity contribution in [1.82, 2.24) is 9.55 Å². The quantitative estimate of drug-likeness (QED) is 0.491. The third kappa shape index (κ3) is 2.56. The molecule has 0 bridgehead atoms. The van der Waals surface area contributed by atoms with E-state index in [4.69, 9.17) is 0 Å². The van der Waals surface area contributed by atoms with E-state index < -0.39 is 5.97 Å². The maximum Gasteiger partial charge on any atom is 0.337 e. The summed E-state index contributed by atoms with van der Waals surface area (Å²) in [5.41, 5.74) is 0.844. The standard InChI is InChI=1S/C14H16N2O3S/c1-4-16-12(17)10-7-6-9(13(18)19-3)8-11(10)15-14(16)20-5-2/h6-8H,4-5H2,1-3H3. The van der Waals surface area contributed by atoms with Crippen LogP contribution < -0.4 is 5.56 Å². The van der Waals surface area contributed by atoms with E-state index in [1.54, 1.807) is 22.8 Å². The van der Waals surface area contributed by atoms with Crippen LogP contribution in [0.3, 0.4) is 0 Å². The van der Waals surface area contributed by atoms with Crippen molar-refractivity contribution in [2.24, 2.45) is 0 Å². The smallest absolute Gasteiger partial charge is 0.337 e. The van der Waals surface area contributed by atoms with Crippen LogP contribution in [0.15, 0.2) is 28.2 Å². The summed E-state index contributed by atoms with van der Waals surface area (Å²) in [6.07, 6.45) is 0. The van der Waals surface area contributed by atoms with Crippen LogP contribution in [0, 0.1) is 0 Å². The second kappa shape index (κ2) is 6.09. The van der Waals surface area contributed by atoms with Crippen LogP contribution in [-0.2, 0) is 11.3 Å². The maximum atomic E-state index is 12.4. The Kier molecular flexibility index (Phi) is 4.44. The number of carbonyl (C=O) groups excluding carboxylic acids is 1. The molecule has 106 valence electrons. The van der Waals surface area contributed by atoms with Gasteiger partial charge in [-0.1, -0.05) is 18.7 Å². The van der Waals surface area contributed by atoms with Crippen LogP contribution in [0.1, 0.15) is 24.2 Å². The lowest BCUT2D eigenvalue weighted by molar-refractivity contribution is 0.0601. The molecular weight excluding hydrogens is 276 g/mol. The zero-order valence-corrected chi connectivity index (χ0v) is 12.5. The fourth-order valence-electron chi connectivity index (χ4n) is 1.96. The summed E-state index contributed by atoms with van der Waals surface area (Å²) >= 11 is 1.51. The normalized spacial score (nSPS) is 10.8. The third-order valence-corrected chi connectivity index (χ3v) is 3.79. The summed E-state index contributed by atoms with van der Waals surface area (Å²) in [4.78, 5) is 28.4. The topological polar surface area (TPSA) is 61.2 Å². The summed E-state index contributed by atoms with van der Waals surface area (Å²) in [7, 11) is 1.33. The van der Waals surface area contributed by atoms with Crippen molar-refractivity contribution in [3.05, 3.63) is 34.1 Å². The number of benzene rings is 1. The molecule has 0 saturated heterocycles. The van der Waals surface area contributed by atoms with Crippen molar-refractivity contribution < 1.29 is 9.53 Å². The van der Waals surface area contributed by atoms with E-state index in [1.165, 1.54) is 18.9 Å². The molecule has 0 amide bonds. The summed E-state index contributed by atoms with van der Waals surface area (Å²) in [5, 5.41) is 1.19. The van der Waals surface area contributed by atoms with Gasteiger partial charge in [0.1, 0.15) is 0 Å². The van der Waals surface area contributed by atoms with Gasteiger partial charge >= 0.3 is 5.97 Å².